The monoisotopic (exact) mass is 179 g/mol. The molecule has 0 aliphatic heterocycles. The average Bonchev–Trinajstić information content (AvgIpc) is 2.43. The van der Waals surface area contributed by atoms with Crippen molar-refractivity contribution in [1.29, 1.82) is 0 Å². The standard InChI is InChI=1S/C11H17NO/c1-8-5-10(6-8)12-7-11-4-3-9(2)13-11/h3-4,8,10,12H,5-7H2,1-2H3. The van der Waals surface area contributed by atoms with Gasteiger partial charge in [0.1, 0.15) is 11.5 Å². The molecule has 1 N–H and O–H groups in total. The lowest BCUT2D eigenvalue weighted by Crippen LogP contribution is -2.39. The van der Waals surface area contributed by atoms with Gasteiger partial charge in [0.05, 0.1) is 6.54 Å². The lowest BCUT2D eigenvalue weighted by molar-refractivity contribution is 0.235. The fourth-order valence-corrected chi connectivity index (χ4v) is 1.89. The lowest BCUT2D eigenvalue weighted by Gasteiger charge is -2.33. The predicted molar refractivity (Wildman–Crippen MR) is 52.5 cm³/mol. The van der Waals surface area contributed by atoms with E-state index in [1.807, 2.05) is 19.1 Å². The minimum absolute atomic E-state index is 0.723. The molecule has 1 aromatic heterocycles. The normalized spacial score (nSPS) is 27.2. The van der Waals surface area contributed by atoms with E-state index in [0.717, 1.165) is 30.0 Å². The maximum atomic E-state index is 5.47. The van der Waals surface area contributed by atoms with Crippen molar-refractivity contribution in [3.63, 3.8) is 0 Å². The molecule has 1 fully saturated rings. The van der Waals surface area contributed by atoms with Crippen molar-refractivity contribution in [2.45, 2.75) is 39.3 Å². The summed E-state index contributed by atoms with van der Waals surface area (Å²) in [5.41, 5.74) is 0. The number of hydrogen-bond donors (Lipinski definition) is 1. The van der Waals surface area contributed by atoms with Gasteiger partial charge in [-0.1, -0.05) is 6.92 Å². The molecule has 2 nitrogen and oxygen atoms in total. The minimum Gasteiger partial charge on any atom is -0.465 e. The maximum absolute atomic E-state index is 5.47. The smallest absolute Gasteiger partial charge is 0.117 e. The Morgan fingerprint density at radius 2 is 2.23 bits per heavy atom. The van der Waals surface area contributed by atoms with E-state index in [4.69, 9.17) is 4.42 Å². The zero-order valence-corrected chi connectivity index (χ0v) is 8.34. The van der Waals surface area contributed by atoms with E-state index in [-0.39, 0.29) is 0 Å². The Balaban J connectivity index is 1.74. The number of aryl methyl sites for hydroxylation is 1. The molecule has 0 unspecified atom stereocenters. The highest BCUT2D eigenvalue weighted by atomic mass is 16.3. The van der Waals surface area contributed by atoms with Crippen LogP contribution >= 0.6 is 0 Å². The number of rotatable bonds is 3. The minimum atomic E-state index is 0.723. The Bertz CT molecular complexity index is 273. The second kappa shape index (κ2) is 3.54. The Morgan fingerprint density at radius 3 is 2.77 bits per heavy atom. The highest BCUT2D eigenvalue weighted by molar-refractivity contribution is 5.05. The molecule has 0 radical (unpaired) electrons. The van der Waals surface area contributed by atoms with Gasteiger partial charge in [0.2, 0.25) is 0 Å². The van der Waals surface area contributed by atoms with Gasteiger partial charge in [-0.25, -0.2) is 0 Å². The van der Waals surface area contributed by atoms with Crippen LogP contribution in [-0.2, 0) is 6.54 Å². The number of furan rings is 1. The first-order valence-corrected chi connectivity index (χ1v) is 5.03. The third-order valence-electron chi connectivity index (χ3n) is 2.73. The van der Waals surface area contributed by atoms with E-state index >= 15 is 0 Å². The molecule has 0 saturated heterocycles. The van der Waals surface area contributed by atoms with Crippen LogP contribution in [0.15, 0.2) is 16.5 Å². The van der Waals surface area contributed by atoms with Crippen molar-refractivity contribution in [2.75, 3.05) is 0 Å². The van der Waals surface area contributed by atoms with Crippen molar-refractivity contribution in [3.8, 4) is 0 Å². The lowest BCUT2D eigenvalue weighted by atomic mass is 9.82. The van der Waals surface area contributed by atoms with Gasteiger partial charge in [-0.3, -0.25) is 0 Å². The molecule has 72 valence electrons. The molecule has 1 aliphatic rings. The molecule has 1 saturated carbocycles. The Kier molecular flexibility index (Phi) is 2.40. The second-order valence-corrected chi connectivity index (χ2v) is 4.17. The van der Waals surface area contributed by atoms with Crippen LogP contribution in [0.2, 0.25) is 0 Å². The summed E-state index contributed by atoms with van der Waals surface area (Å²) in [6.45, 7) is 5.16. The first kappa shape index (κ1) is 8.82. The molecular weight excluding hydrogens is 162 g/mol. The van der Waals surface area contributed by atoms with Crippen molar-refractivity contribution in [2.24, 2.45) is 5.92 Å². The summed E-state index contributed by atoms with van der Waals surface area (Å²) in [5.74, 6) is 2.96. The molecule has 0 bridgehead atoms. The summed E-state index contributed by atoms with van der Waals surface area (Å²) in [6, 6.07) is 4.78. The van der Waals surface area contributed by atoms with Crippen LogP contribution in [0.5, 0.6) is 0 Å². The first-order valence-electron chi connectivity index (χ1n) is 5.03. The summed E-state index contributed by atoms with van der Waals surface area (Å²) in [5, 5.41) is 3.49. The van der Waals surface area contributed by atoms with Crippen LogP contribution in [0, 0.1) is 12.8 Å². The predicted octanol–water partition coefficient (Wildman–Crippen LogP) is 2.48. The van der Waals surface area contributed by atoms with E-state index in [1.54, 1.807) is 0 Å². The maximum Gasteiger partial charge on any atom is 0.117 e. The summed E-state index contributed by atoms with van der Waals surface area (Å²) in [4.78, 5) is 0. The third-order valence-corrected chi connectivity index (χ3v) is 2.73. The highest BCUT2D eigenvalue weighted by Crippen LogP contribution is 2.26. The Hall–Kier alpha value is -0.760. The van der Waals surface area contributed by atoms with Gasteiger partial charge < -0.3 is 9.73 Å². The summed E-state index contributed by atoms with van der Waals surface area (Å²) in [7, 11) is 0. The van der Waals surface area contributed by atoms with E-state index in [1.165, 1.54) is 12.8 Å². The summed E-state index contributed by atoms with van der Waals surface area (Å²) >= 11 is 0. The fourth-order valence-electron chi connectivity index (χ4n) is 1.89. The van der Waals surface area contributed by atoms with Gasteiger partial charge in [0.15, 0.2) is 0 Å². The molecule has 0 atom stereocenters. The van der Waals surface area contributed by atoms with Gasteiger partial charge in [0, 0.05) is 6.04 Å². The number of nitrogens with one attached hydrogen (secondary N) is 1. The van der Waals surface area contributed by atoms with E-state index in [2.05, 4.69) is 12.2 Å². The van der Waals surface area contributed by atoms with Gasteiger partial charge in [-0.2, -0.15) is 0 Å². The fraction of sp³-hybridized carbons (Fsp3) is 0.636. The van der Waals surface area contributed by atoms with Gasteiger partial charge in [0.25, 0.3) is 0 Å². The van der Waals surface area contributed by atoms with Crippen LogP contribution < -0.4 is 5.32 Å². The van der Waals surface area contributed by atoms with E-state index in [0.29, 0.717) is 0 Å². The molecule has 1 heterocycles. The second-order valence-electron chi connectivity index (χ2n) is 4.17. The molecule has 0 amide bonds. The molecule has 0 spiro atoms. The molecule has 2 rings (SSSR count). The van der Waals surface area contributed by atoms with Gasteiger partial charge in [-0.15, -0.1) is 0 Å². The van der Waals surface area contributed by atoms with Crippen LogP contribution in [0.3, 0.4) is 0 Å². The Labute approximate surface area is 79.3 Å². The molecule has 1 aromatic rings. The van der Waals surface area contributed by atoms with Crippen LogP contribution in [0.4, 0.5) is 0 Å². The molecule has 0 aromatic carbocycles. The number of hydrogen-bond acceptors (Lipinski definition) is 2. The largest absolute Gasteiger partial charge is 0.465 e. The average molecular weight is 179 g/mol. The van der Waals surface area contributed by atoms with Crippen molar-refractivity contribution >= 4 is 0 Å². The van der Waals surface area contributed by atoms with Crippen LogP contribution in [0.1, 0.15) is 31.3 Å². The van der Waals surface area contributed by atoms with Crippen molar-refractivity contribution in [1.82, 2.24) is 5.32 Å². The van der Waals surface area contributed by atoms with Crippen molar-refractivity contribution in [3.05, 3.63) is 23.7 Å². The highest BCUT2D eigenvalue weighted by Gasteiger charge is 2.24. The SMILES string of the molecule is Cc1ccc(CNC2CC(C)C2)o1. The summed E-state index contributed by atoms with van der Waals surface area (Å²) < 4.78 is 5.47. The van der Waals surface area contributed by atoms with Gasteiger partial charge in [-0.05, 0) is 37.8 Å². The van der Waals surface area contributed by atoms with Gasteiger partial charge >= 0.3 is 0 Å². The van der Waals surface area contributed by atoms with Crippen LogP contribution in [0.25, 0.3) is 0 Å². The van der Waals surface area contributed by atoms with E-state index in [9.17, 15) is 0 Å². The zero-order valence-electron chi connectivity index (χ0n) is 8.34. The van der Waals surface area contributed by atoms with Crippen molar-refractivity contribution < 1.29 is 4.42 Å². The Morgan fingerprint density at radius 1 is 1.46 bits per heavy atom. The molecular formula is C11H17NO. The molecule has 1 aliphatic carbocycles. The first-order chi connectivity index (χ1) is 6.24. The summed E-state index contributed by atoms with van der Waals surface area (Å²) in [6.07, 6.45) is 2.64. The molecule has 2 heteroatoms. The molecule has 13 heavy (non-hydrogen) atoms. The van der Waals surface area contributed by atoms with Crippen LogP contribution in [-0.4, -0.2) is 6.04 Å². The quantitative estimate of drug-likeness (QED) is 0.771. The zero-order chi connectivity index (χ0) is 9.26. The topological polar surface area (TPSA) is 25.2 Å². The third kappa shape index (κ3) is 2.13. The van der Waals surface area contributed by atoms with E-state index < -0.39 is 0 Å².